The van der Waals surface area contributed by atoms with Crippen LogP contribution in [0, 0.1) is 18.6 Å². The maximum absolute atomic E-state index is 13.4. The van der Waals surface area contributed by atoms with Gasteiger partial charge >= 0.3 is 0 Å². The second-order valence-electron chi connectivity index (χ2n) is 4.97. The van der Waals surface area contributed by atoms with E-state index in [1.807, 2.05) is 6.92 Å². The number of halogens is 2. The van der Waals surface area contributed by atoms with Gasteiger partial charge in [-0.15, -0.1) is 0 Å². The summed E-state index contributed by atoms with van der Waals surface area (Å²) in [5.41, 5.74) is 4.28. The van der Waals surface area contributed by atoms with Gasteiger partial charge < -0.3 is 0 Å². The third-order valence-electron chi connectivity index (χ3n) is 3.74. The first-order valence-electron chi connectivity index (χ1n) is 6.19. The predicted octanol–water partition coefficient (Wildman–Crippen LogP) is 4.35. The zero-order valence-corrected chi connectivity index (χ0v) is 10.2. The van der Waals surface area contributed by atoms with Gasteiger partial charge in [0.2, 0.25) is 0 Å². The van der Waals surface area contributed by atoms with Gasteiger partial charge in [0.15, 0.2) is 11.6 Å². The molecule has 1 atom stereocenters. The normalized spacial score (nSPS) is 17.8. The molecule has 0 aromatic heterocycles. The Morgan fingerprint density at radius 1 is 1.00 bits per heavy atom. The average molecular weight is 244 g/mol. The van der Waals surface area contributed by atoms with E-state index in [4.69, 9.17) is 0 Å². The van der Waals surface area contributed by atoms with Crippen LogP contribution in [0.4, 0.5) is 8.78 Å². The zero-order valence-electron chi connectivity index (χ0n) is 10.2. The number of rotatable bonds is 1. The van der Waals surface area contributed by atoms with Gasteiger partial charge in [0, 0.05) is 5.92 Å². The standard InChI is InChI=1S/C16H14F2/c1-10-2-4-11(5-3-10)13-7-6-12-8-15(17)16(18)9-14(12)13/h2-5,8-9,13H,6-7H2,1H3. The van der Waals surface area contributed by atoms with Crippen LogP contribution in [-0.4, -0.2) is 0 Å². The summed E-state index contributed by atoms with van der Waals surface area (Å²) >= 11 is 0. The minimum absolute atomic E-state index is 0.204. The molecular formula is C16H14F2. The Morgan fingerprint density at radius 3 is 2.39 bits per heavy atom. The first kappa shape index (κ1) is 11.4. The molecule has 3 rings (SSSR count). The summed E-state index contributed by atoms with van der Waals surface area (Å²) in [6.45, 7) is 2.04. The lowest BCUT2D eigenvalue weighted by Crippen LogP contribution is -1.98. The largest absolute Gasteiger partial charge is 0.204 e. The second-order valence-corrected chi connectivity index (χ2v) is 4.97. The highest BCUT2D eigenvalue weighted by Gasteiger charge is 2.25. The minimum atomic E-state index is -0.743. The van der Waals surface area contributed by atoms with E-state index in [2.05, 4.69) is 24.3 Å². The Balaban J connectivity index is 2.04. The van der Waals surface area contributed by atoms with Crippen molar-refractivity contribution in [2.75, 3.05) is 0 Å². The molecule has 1 aliphatic carbocycles. The molecule has 2 aromatic carbocycles. The molecule has 0 aliphatic heterocycles. The third kappa shape index (κ3) is 1.82. The highest BCUT2D eigenvalue weighted by atomic mass is 19.2. The molecule has 1 unspecified atom stereocenters. The van der Waals surface area contributed by atoms with Gasteiger partial charge in [-0.3, -0.25) is 0 Å². The van der Waals surface area contributed by atoms with E-state index in [1.54, 1.807) is 0 Å². The van der Waals surface area contributed by atoms with Gasteiger partial charge in [-0.1, -0.05) is 29.8 Å². The number of aryl methyl sites for hydroxylation is 2. The van der Waals surface area contributed by atoms with Crippen LogP contribution in [0.2, 0.25) is 0 Å². The fraction of sp³-hybridized carbons (Fsp3) is 0.250. The first-order valence-corrected chi connectivity index (χ1v) is 6.19. The van der Waals surface area contributed by atoms with E-state index >= 15 is 0 Å². The Bertz CT molecular complexity index is 585. The predicted molar refractivity (Wildman–Crippen MR) is 67.7 cm³/mol. The van der Waals surface area contributed by atoms with Crippen molar-refractivity contribution in [2.24, 2.45) is 0 Å². The summed E-state index contributed by atoms with van der Waals surface area (Å²) in [6, 6.07) is 11.0. The summed E-state index contributed by atoms with van der Waals surface area (Å²) in [5, 5.41) is 0. The van der Waals surface area contributed by atoms with Gasteiger partial charge in [0.25, 0.3) is 0 Å². The average Bonchev–Trinajstić information content (AvgIpc) is 2.74. The van der Waals surface area contributed by atoms with Gasteiger partial charge in [0.1, 0.15) is 0 Å². The Morgan fingerprint density at radius 2 is 1.67 bits per heavy atom. The van der Waals surface area contributed by atoms with Gasteiger partial charge in [-0.25, -0.2) is 8.78 Å². The van der Waals surface area contributed by atoms with Crippen molar-refractivity contribution in [3.05, 3.63) is 70.3 Å². The zero-order chi connectivity index (χ0) is 12.7. The fourth-order valence-electron chi connectivity index (χ4n) is 2.74. The smallest absolute Gasteiger partial charge is 0.159 e. The molecule has 0 amide bonds. The van der Waals surface area contributed by atoms with E-state index in [0.717, 1.165) is 24.0 Å². The molecule has 18 heavy (non-hydrogen) atoms. The van der Waals surface area contributed by atoms with Gasteiger partial charge in [0.05, 0.1) is 0 Å². The molecule has 0 fully saturated rings. The summed E-state index contributed by atoms with van der Waals surface area (Å²) in [6.07, 6.45) is 1.76. The van der Waals surface area contributed by atoms with Crippen molar-refractivity contribution < 1.29 is 8.78 Å². The van der Waals surface area contributed by atoms with E-state index in [0.29, 0.717) is 0 Å². The van der Waals surface area contributed by atoms with Crippen LogP contribution in [0.15, 0.2) is 36.4 Å². The summed E-state index contributed by atoms with van der Waals surface area (Å²) < 4.78 is 26.5. The molecule has 2 aromatic rings. The molecule has 0 radical (unpaired) electrons. The molecular weight excluding hydrogens is 230 g/mol. The summed E-state index contributed by atoms with van der Waals surface area (Å²) in [5.74, 6) is -1.28. The van der Waals surface area contributed by atoms with Crippen molar-refractivity contribution >= 4 is 0 Å². The minimum Gasteiger partial charge on any atom is -0.204 e. The number of benzene rings is 2. The van der Waals surface area contributed by atoms with E-state index in [1.165, 1.54) is 23.3 Å². The van der Waals surface area contributed by atoms with Crippen LogP contribution in [0.3, 0.4) is 0 Å². The quantitative estimate of drug-likeness (QED) is 0.699. The van der Waals surface area contributed by atoms with Crippen molar-refractivity contribution in [1.29, 1.82) is 0 Å². The lowest BCUT2D eigenvalue weighted by atomic mass is 9.92. The Hall–Kier alpha value is -1.70. The molecule has 92 valence electrons. The lowest BCUT2D eigenvalue weighted by molar-refractivity contribution is 0.506. The molecule has 0 saturated heterocycles. The Kier molecular flexibility index (Phi) is 2.66. The monoisotopic (exact) mass is 244 g/mol. The van der Waals surface area contributed by atoms with Crippen LogP contribution in [0.25, 0.3) is 0 Å². The summed E-state index contributed by atoms with van der Waals surface area (Å²) in [4.78, 5) is 0. The van der Waals surface area contributed by atoms with E-state index in [9.17, 15) is 8.78 Å². The highest BCUT2D eigenvalue weighted by molar-refractivity contribution is 5.43. The van der Waals surface area contributed by atoms with Crippen molar-refractivity contribution in [2.45, 2.75) is 25.7 Å². The summed E-state index contributed by atoms with van der Waals surface area (Å²) in [7, 11) is 0. The lowest BCUT2D eigenvalue weighted by Gasteiger charge is -2.12. The molecule has 0 saturated carbocycles. The maximum Gasteiger partial charge on any atom is 0.159 e. The van der Waals surface area contributed by atoms with Crippen molar-refractivity contribution in [3.8, 4) is 0 Å². The van der Waals surface area contributed by atoms with Crippen molar-refractivity contribution in [3.63, 3.8) is 0 Å². The fourth-order valence-corrected chi connectivity index (χ4v) is 2.74. The molecule has 0 heterocycles. The molecule has 0 spiro atoms. The maximum atomic E-state index is 13.4. The van der Waals surface area contributed by atoms with Crippen LogP contribution >= 0.6 is 0 Å². The van der Waals surface area contributed by atoms with Crippen LogP contribution in [0.1, 0.15) is 34.6 Å². The topological polar surface area (TPSA) is 0 Å². The van der Waals surface area contributed by atoms with Crippen LogP contribution in [0.5, 0.6) is 0 Å². The molecule has 2 heteroatoms. The first-order chi connectivity index (χ1) is 8.65. The number of hydrogen-bond acceptors (Lipinski definition) is 0. The molecule has 0 N–H and O–H groups in total. The molecule has 0 nitrogen and oxygen atoms in total. The van der Waals surface area contributed by atoms with Gasteiger partial charge in [-0.05, 0) is 48.6 Å². The van der Waals surface area contributed by atoms with E-state index in [-0.39, 0.29) is 5.92 Å². The molecule has 1 aliphatic rings. The Labute approximate surface area is 105 Å². The number of fused-ring (bicyclic) bond motifs is 1. The van der Waals surface area contributed by atoms with Crippen LogP contribution in [-0.2, 0) is 6.42 Å². The van der Waals surface area contributed by atoms with Crippen molar-refractivity contribution in [1.82, 2.24) is 0 Å². The SMILES string of the molecule is Cc1ccc(C2CCc3cc(F)c(F)cc32)cc1. The highest BCUT2D eigenvalue weighted by Crippen LogP contribution is 2.38. The molecule has 0 bridgehead atoms. The van der Waals surface area contributed by atoms with Gasteiger partial charge in [-0.2, -0.15) is 0 Å². The number of hydrogen-bond donors (Lipinski definition) is 0. The second kappa shape index (κ2) is 4.20. The third-order valence-corrected chi connectivity index (χ3v) is 3.74. The van der Waals surface area contributed by atoms with E-state index < -0.39 is 11.6 Å². The van der Waals surface area contributed by atoms with Crippen LogP contribution < -0.4 is 0 Å².